The van der Waals surface area contributed by atoms with Crippen molar-refractivity contribution in [2.24, 2.45) is 5.92 Å². The maximum absolute atomic E-state index is 12.5. The van der Waals surface area contributed by atoms with Crippen molar-refractivity contribution in [3.8, 4) is 0 Å². The molecule has 0 amide bonds. The summed E-state index contributed by atoms with van der Waals surface area (Å²) in [7, 11) is -3.25. The fourth-order valence-electron chi connectivity index (χ4n) is 2.82. The zero-order valence-electron chi connectivity index (χ0n) is 11.8. The largest absolute Gasteiger partial charge is 0.381 e. The molecule has 1 aromatic carbocycles. The van der Waals surface area contributed by atoms with Crippen LogP contribution in [0.5, 0.6) is 0 Å². The number of hydrogen-bond acceptors (Lipinski definition) is 3. The second kappa shape index (κ2) is 6.24. The molecule has 2 fully saturated rings. The lowest BCUT2D eigenvalue weighted by atomic mass is 9.94. The molecule has 1 N–H and O–H groups in total. The molecule has 1 aromatic rings. The Bertz CT molecular complexity index is 583. The fraction of sp³-hybridized carbons (Fsp3) is 0.600. The quantitative estimate of drug-likeness (QED) is 0.902. The molecule has 3 rings (SSSR count). The second-order valence-electron chi connectivity index (χ2n) is 5.93. The highest BCUT2D eigenvalue weighted by atomic mass is 35.5. The van der Waals surface area contributed by atoms with Crippen LogP contribution in [0.4, 0.5) is 0 Å². The zero-order chi connectivity index (χ0) is 14.9. The van der Waals surface area contributed by atoms with Crippen LogP contribution < -0.4 is 4.72 Å². The van der Waals surface area contributed by atoms with Crippen molar-refractivity contribution in [2.75, 3.05) is 13.2 Å². The Morgan fingerprint density at radius 1 is 1.19 bits per heavy atom. The molecule has 1 aliphatic carbocycles. The van der Waals surface area contributed by atoms with E-state index in [-0.39, 0.29) is 17.2 Å². The van der Waals surface area contributed by atoms with Crippen LogP contribution in [0.3, 0.4) is 0 Å². The fourth-order valence-corrected chi connectivity index (χ4v) is 4.91. The van der Waals surface area contributed by atoms with Gasteiger partial charge < -0.3 is 4.74 Å². The van der Waals surface area contributed by atoms with E-state index < -0.39 is 10.0 Å². The first-order valence-corrected chi connectivity index (χ1v) is 9.30. The minimum atomic E-state index is -3.25. The Hall–Kier alpha value is -0.620. The Kier molecular flexibility index (Phi) is 4.54. The minimum absolute atomic E-state index is 0.00354. The molecule has 0 spiro atoms. The molecule has 1 heterocycles. The lowest BCUT2D eigenvalue weighted by Crippen LogP contribution is -2.45. The molecular weight excluding hydrogens is 310 g/mol. The molecule has 4 nitrogen and oxygen atoms in total. The number of rotatable bonds is 5. The van der Waals surface area contributed by atoms with Gasteiger partial charge in [-0.05, 0) is 43.4 Å². The van der Waals surface area contributed by atoms with Crippen LogP contribution in [0, 0.1) is 5.92 Å². The SMILES string of the molecule is O=S(=O)(NC1CC1)C1CCOCC1Cc1ccc(Cl)cc1. The van der Waals surface area contributed by atoms with Gasteiger partial charge in [0.1, 0.15) is 0 Å². The van der Waals surface area contributed by atoms with Gasteiger partial charge in [-0.15, -0.1) is 0 Å². The molecule has 0 bridgehead atoms. The molecule has 116 valence electrons. The van der Waals surface area contributed by atoms with Crippen molar-refractivity contribution in [3.63, 3.8) is 0 Å². The van der Waals surface area contributed by atoms with Crippen LogP contribution in [-0.4, -0.2) is 32.9 Å². The number of halogens is 1. The molecule has 0 radical (unpaired) electrons. The van der Waals surface area contributed by atoms with Gasteiger partial charge in [-0.3, -0.25) is 0 Å². The molecule has 2 atom stereocenters. The van der Waals surface area contributed by atoms with E-state index in [1.165, 1.54) is 0 Å². The third kappa shape index (κ3) is 3.97. The third-order valence-corrected chi connectivity index (χ3v) is 6.45. The van der Waals surface area contributed by atoms with Gasteiger partial charge in [-0.2, -0.15) is 0 Å². The number of ether oxygens (including phenoxy) is 1. The number of nitrogens with one attached hydrogen (secondary N) is 1. The predicted octanol–water partition coefficient (Wildman–Crippen LogP) is 2.37. The van der Waals surface area contributed by atoms with Crippen LogP contribution in [-0.2, 0) is 21.2 Å². The van der Waals surface area contributed by atoms with Crippen molar-refractivity contribution < 1.29 is 13.2 Å². The summed E-state index contributed by atoms with van der Waals surface area (Å²) in [5, 5.41) is 0.334. The van der Waals surface area contributed by atoms with E-state index in [0.717, 1.165) is 18.4 Å². The highest BCUT2D eigenvalue weighted by Crippen LogP contribution is 2.28. The van der Waals surface area contributed by atoms with Crippen LogP contribution in [0.1, 0.15) is 24.8 Å². The molecular formula is C15H20ClNO3S. The van der Waals surface area contributed by atoms with Crippen molar-refractivity contribution in [3.05, 3.63) is 34.9 Å². The van der Waals surface area contributed by atoms with Gasteiger partial charge in [0.25, 0.3) is 0 Å². The van der Waals surface area contributed by atoms with Crippen molar-refractivity contribution in [2.45, 2.75) is 37.0 Å². The first-order valence-electron chi connectivity index (χ1n) is 7.38. The van der Waals surface area contributed by atoms with Crippen LogP contribution in [0.15, 0.2) is 24.3 Å². The minimum Gasteiger partial charge on any atom is -0.381 e. The summed E-state index contributed by atoms with van der Waals surface area (Å²) < 4.78 is 33.3. The van der Waals surface area contributed by atoms with Crippen LogP contribution >= 0.6 is 11.6 Å². The summed E-state index contributed by atoms with van der Waals surface area (Å²) in [5.41, 5.74) is 1.10. The van der Waals surface area contributed by atoms with E-state index in [0.29, 0.717) is 31.1 Å². The number of hydrogen-bond donors (Lipinski definition) is 1. The summed E-state index contributed by atoms with van der Waals surface area (Å²) in [4.78, 5) is 0. The first kappa shape index (κ1) is 15.3. The van der Waals surface area contributed by atoms with E-state index in [1.807, 2.05) is 24.3 Å². The summed E-state index contributed by atoms with van der Waals surface area (Å²) in [6, 6.07) is 7.75. The van der Waals surface area contributed by atoms with Gasteiger partial charge in [0.05, 0.1) is 11.9 Å². The van der Waals surface area contributed by atoms with E-state index in [1.54, 1.807) is 0 Å². The maximum atomic E-state index is 12.5. The topological polar surface area (TPSA) is 55.4 Å². The van der Waals surface area contributed by atoms with Crippen LogP contribution in [0.25, 0.3) is 0 Å². The van der Waals surface area contributed by atoms with Gasteiger partial charge in [-0.25, -0.2) is 13.1 Å². The monoisotopic (exact) mass is 329 g/mol. The molecule has 21 heavy (non-hydrogen) atoms. The number of benzene rings is 1. The summed E-state index contributed by atoms with van der Waals surface area (Å²) in [5.74, 6) is -0.00354. The van der Waals surface area contributed by atoms with Gasteiger partial charge >= 0.3 is 0 Å². The lowest BCUT2D eigenvalue weighted by molar-refractivity contribution is 0.0570. The van der Waals surface area contributed by atoms with Gasteiger partial charge in [-0.1, -0.05) is 23.7 Å². The third-order valence-electron chi connectivity index (χ3n) is 4.12. The highest BCUT2D eigenvalue weighted by Gasteiger charge is 2.39. The van der Waals surface area contributed by atoms with Crippen molar-refractivity contribution in [1.29, 1.82) is 0 Å². The Morgan fingerprint density at radius 3 is 2.57 bits per heavy atom. The van der Waals surface area contributed by atoms with Crippen molar-refractivity contribution >= 4 is 21.6 Å². The predicted molar refractivity (Wildman–Crippen MR) is 82.9 cm³/mol. The smallest absolute Gasteiger partial charge is 0.215 e. The lowest BCUT2D eigenvalue weighted by Gasteiger charge is -2.31. The first-order chi connectivity index (χ1) is 10.0. The normalized spacial score (nSPS) is 26.7. The average Bonchev–Trinajstić information content (AvgIpc) is 3.25. The summed E-state index contributed by atoms with van der Waals surface area (Å²) >= 11 is 5.89. The zero-order valence-corrected chi connectivity index (χ0v) is 13.4. The summed E-state index contributed by atoms with van der Waals surface area (Å²) in [6.07, 6.45) is 3.20. The van der Waals surface area contributed by atoms with Crippen LogP contribution in [0.2, 0.25) is 5.02 Å². The van der Waals surface area contributed by atoms with E-state index in [2.05, 4.69) is 4.72 Å². The van der Waals surface area contributed by atoms with Crippen molar-refractivity contribution in [1.82, 2.24) is 4.72 Å². The molecule has 1 saturated carbocycles. The second-order valence-corrected chi connectivity index (χ2v) is 8.30. The summed E-state index contributed by atoms with van der Waals surface area (Å²) in [6.45, 7) is 1.02. The van der Waals surface area contributed by atoms with E-state index in [9.17, 15) is 8.42 Å². The molecule has 2 aliphatic rings. The Labute approximate surface area is 130 Å². The van der Waals surface area contributed by atoms with Gasteiger partial charge in [0.15, 0.2) is 0 Å². The standard InChI is InChI=1S/C15H20ClNO3S/c16-13-3-1-11(2-4-13)9-12-10-20-8-7-15(12)21(18,19)17-14-5-6-14/h1-4,12,14-15,17H,5-10H2. The average molecular weight is 330 g/mol. The highest BCUT2D eigenvalue weighted by molar-refractivity contribution is 7.90. The number of sulfonamides is 1. The Balaban J connectivity index is 1.72. The van der Waals surface area contributed by atoms with E-state index in [4.69, 9.17) is 16.3 Å². The van der Waals surface area contributed by atoms with E-state index >= 15 is 0 Å². The molecule has 6 heteroatoms. The Morgan fingerprint density at radius 2 is 1.90 bits per heavy atom. The molecule has 0 aromatic heterocycles. The van der Waals surface area contributed by atoms with Gasteiger partial charge in [0.2, 0.25) is 10.0 Å². The maximum Gasteiger partial charge on any atom is 0.215 e. The molecule has 1 saturated heterocycles. The van der Waals surface area contributed by atoms with Gasteiger partial charge in [0, 0.05) is 23.6 Å². The molecule has 1 aliphatic heterocycles. The molecule has 2 unspecified atom stereocenters.